The molecule has 0 aromatic carbocycles. The van der Waals surface area contributed by atoms with Crippen molar-refractivity contribution in [1.82, 2.24) is 15.2 Å². The van der Waals surface area contributed by atoms with Crippen molar-refractivity contribution in [1.29, 1.82) is 0 Å². The summed E-state index contributed by atoms with van der Waals surface area (Å²) in [7, 11) is 0. The van der Waals surface area contributed by atoms with Crippen LogP contribution in [0.2, 0.25) is 0 Å². The van der Waals surface area contributed by atoms with Gasteiger partial charge in [0, 0.05) is 9.77 Å². The molecule has 0 aliphatic rings. The second kappa shape index (κ2) is 3.18. The largest absolute Gasteiger partial charge is 0.422 e. The number of aromatic nitrogens is 3. The normalized spacial score (nSPS) is 10.1. The molecule has 5 heteroatoms. The summed E-state index contributed by atoms with van der Waals surface area (Å²) in [6, 6.07) is 3.79. The van der Waals surface area contributed by atoms with E-state index < -0.39 is 0 Å². The molecule has 0 atom stereocenters. The average Bonchev–Trinajstić information content (AvgIpc) is 2.56. The summed E-state index contributed by atoms with van der Waals surface area (Å²) in [5.74, 6) is 0.452. The zero-order chi connectivity index (χ0) is 8.39. The Morgan fingerprint density at radius 3 is 3.00 bits per heavy atom. The Morgan fingerprint density at radius 2 is 2.33 bits per heavy atom. The van der Waals surface area contributed by atoms with E-state index in [1.54, 1.807) is 6.20 Å². The lowest BCUT2D eigenvalue weighted by Gasteiger charge is -1.92. The number of hydrogen-bond acceptors (Lipinski definition) is 4. The number of pyridine rings is 1. The molecule has 0 amide bonds. The second-order valence-corrected chi connectivity index (χ2v) is 3.35. The topological polar surface area (TPSA) is 51.8 Å². The molecule has 0 unspecified atom stereocenters. The van der Waals surface area contributed by atoms with E-state index in [1.165, 1.54) is 6.39 Å². The summed E-state index contributed by atoms with van der Waals surface area (Å²) in [5, 5.41) is 7.31. The maximum atomic E-state index is 4.99. The first-order chi connectivity index (χ1) is 5.86. The molecule has 0 fully saturated rings. The van der Waals surface area contributed by atoms with E-state index in [2.05, 4.69) is 37.8 Å². The summed E-state index contributed by atoms with van der Waals surface area (Å²) in [4.78, 5) is 4.08. The smallest absolute Gasteiger partial charge is 0.266 e. The van der Waals surface area contributed by atoms with Crippen molar-refractivity contribution in [3.05, 3.63) is 28.3 Å². The maximum absolute atomic E-state index is 4.99. The van der Waals surface area contributed by atoms with E-state index in [0.717, 1.165) is 3.57 Å². The molecule has 2 aromatic heterocycles. The SMILES string of the molecule is Ic1ccnc(-c2nnco2)c1. The van der Waals surface area contributed by atoms with Crippen LogP contribution < -0.4 is 0 Å². The fourth-order valence-corrected chi connectivity index (χ4v) is 1.26. The molecule has 2 heterocycles. The molecule has 60 valence electrons. The Balaban J connectivity index is 2.48. The minimum atomic E-state index is 0.452. The molecular formula is C7H4IN3O. The summed E-state index contributed by atoms with van der Waals surface area (Å²) >= 11 is 2.20. The van der Waals surface area contributed by atoms with Gasteiger partial charge in [-0.1, -0.05) is 0 Å². The molecule has 4 nitrogen and oxygen atoms in total. The zero-order valence-corrected chi connectivity index (χ0v) is 8.09. The predicted octanol–water partition coefficient (Wildman–Crippen LogP) is 1.74. The first-order valence-corrected chi connectivity index (χ1v) is 4.32. The van der Waals surface area contributed by atoms with Crippen LogP contribution in [-0.4, -0.2) is 15.2 Å². The van der Waals surface area contributed by atoms with Crippen LogP contribution in [0.25, 0.3) is 11.6 Å². The molecule has 0 spiro atoms. The monoisotopic (exact) mass is 273 g/mol. The quantitative estimate of drug-likeness (QED) is 0.742. The second-order valence-electron chi connectivity index (χ2n) is 2.10. The van der Waals surface area contributed by atoms with Gasteiger partial charge in [-0.15, -0.1) is 10.2 Å². The third-order valence-electron chi connectivity index (χ3n) is 1.30. The van der Waals surface area contributed by atoms with Gasteiger partial charge in [0.05, 0.1) is 0 Å². The number of nitrogens with zero attached hydrogens (tertiary/aromatic N) is 3. The van der Waals surface area contributed by atoms with Gasteiger partial charge in [0.25, 0.3) is 5.89 Å². The molecule has 0 saturated carbocycles. The van der Waals surface area contributed by atoms with Crippen LogP contribution in [0.3, 0.4) is 0 Å². The summed E-state index contributed by atoms with van der Waals surface area (Å²) in [6.45, 7) is 0. The fourth-order valence-electron chi connectivity index (χ4n) is 0.806. The maximum Gasteiger partial charge on any atom is 0.266 e. The van der Waals surface area contributed by atoms with Crippen LogP contribution in [0, 0.1) is 3.57 Å². The van der Waals surface area contributed by atoms with Gasteiger partial charge in [-0.3, -0.25) is 4.98 Å². The van der Waals surface area contributed by atoms with E-state index in [1.807, 2.05) is 12.1 Å². The standard InChI is InChI=1S/C7H4IN3O/c8-5-1-2-9-6(3-5)7-11-10-4-12-7/h1-4H. The summed E-state index contributed by atoms with van der Waals surface area (Å²) in [6.07, 6.45) is 3.00. The minimum Gasteiger partial charge on any atom is -0.422 e. The molecule has 12 heavy (non-hydrogen) atoms. The highest BCUT2D eigenvalue weighted by Crippen LogP contribution is 2.14. The van der Waals surface area contributed by atoms with Gasteiger partial charge in [0.1, 0.15) is 5.69 Å². The molecule has 0 bridgehead atoms. The molecule has 0 radical (unpaired) electrons. The summed E-state index contributed by atoms with van der Waals surface area (Å²) in [5.41, 5.74) is 0.708. The van der Waals surface area contributed by atoms with Crippen LogP contribution in [0.15, 0.2) is 29.1 Å². The van der Waals surface area contributed by atoms with Gasteiger partial charge in [-0.05, 0) is 34.7 Å². The first kappa shape index (κ1) is 7.66. The Labute approximate surface area is 82.2 Å². The Kier molecular flexibility index (Phi) is 2.03. The lowest BCUT2D eigenvalue weighted by atomic mass is 10.3. The van der Waals surface area contributed by atoms with E-state index >= 15 is 0 Å². The van der Waals surface area contributed by atoms with E-state index in [4.69, 9.17) is 4.42 Å². The average molecular weight is 273 g/mol. The zero-order valence-electron chi connectivity index (χ0n) is 5.94. The van der Waals surface area contributed by atoms with Gasteiger partial charge < -0.3 is 4.42 Å². The van der Waals surface area contributed by atoms with Crippen molar-refractivity contribution in [2.75, 3.05) is 0 Å². The number of rotatable bonds is 1. The van der Waals surface area contributed by atoms with Gasteiger partial charge in [0.2, 0.25) is 6.39 Å². The minimum absolute atomic E-state index is 0.452. The Bertz CT molecular complexity index is 374. The van der Waals surface area contributed by atoms with Crippen LogP contribution in [-0.2, 0) is 0 Å². The lowest BCUT2D eigenvalue weighted by molar-refractivity contribution is 0.566. The molecule has 2 aromatic rings. The van der Waals surface area contributed by atoms with Crippen molar-refractivity contribution in [3.63, 3.8) is 0 Å². The predicted molar refractivity (Wildman–Crippen MR) is 50.2 cm³/mol. The molecular weight excluding hydrogens is 269 g/mol. The van der Waals surface area contributed by atoms with Crippen LogP contribution in [0.5, 0.6) is 0 Å². The third kappa shape index (κ3) is 1.45. The van der Waals surface area contributed by atoms with Crippen LogP contribution >= 0.6 is 22.6 Å². The molecule has 2 rings (SSSR count). The molecule has 0 aliphatic carbocycles. The van der Waals surface area contributed by atoms with Crippen molar-refractivity contribution in [2.45, 2.75) is 0 Å². The summed E-state index contributed by atoms with van der Waals surface area (Å²) < 4.78 is 6.08. The van der Waals surface area contributed by atoms with Crippen molar-refractivity contribution >= 4 is 22.6 Å². The van der Waals surface area contributed by atoms with Crippen molar-refractivity contribution < 1.29 is 4.42 Å². The van der Waals surface area contributed by atoms with E-state index in [0.29, 0.717) is 11.6 Å². The van der Waals surface area contributed by atoms with Gasteiger partial charge in [0.15, 0.2) is 0 Å². The molecule has 0 N–H and O–H groups in total. The number of halogens is 1. The van der Waals surface area contributed by atoms with Crippen LogP contribution in [0.4, 0.5) is 0 Å². The lowest BCUT2D eigenvalue weighted by Crippen LogP contribution is -1.83. The fraction of sp³-hybridized carbons (Fsp3) is 0. The first-order valence-electron chi connectivity index (χ1n) is 3.24. The Hall–Kier alpha value is -0.980. The van der Waals surface area contributed by atoms with Crippen molar-refractivity contribution in [2.24, 2.45) is 0 Å². The van der Waals surface area contributed by atoms with Crippen LogP contribution in [0.1, 0.15) is 0 Å². The van der Waals surface area contributed by atoms with Gasteiger partial charge in [-0.2, -0.15) is 0 Å². The van der Waals surface area contributed by atoms with E-state index in [-0.39, 0.29) is 0 Å². The van der Waals surface area contributed by atoms with Gasteiger partial charge in [-0.25, -0.2) is 0 Å². The molecule has 0 aliphatic heterocycles. The molecule has 0 saturated heterocycles. The highest BCUT2D eigenvalue weighted by atomic mass is 127. The number of hydrogen-bond donors (Lipinski definition) is 0. The Morgan fingerprint density at radius 1 is 1.42 bits per heavy atom. The van der Waals surface area contributed by atoms with Gasteiger partial charge >= 0.3 is 0 Å². The third-order valence-corrected chi connectivity index (χ3v) is 1.97. The highest BCUT2D eigenvalue weighted by molar-refractivity contribution is 14.1. The van der Waals surface area contributed by atoms with Crippen molar-refractivity contribution in [3.8, 4) is 11.6 Å². The highest BCUT2D eigenvalue weighted by Gasteiger charge is 2.03. The van der Waals surface area contributed by atoms with E-state index in [9.17, 15) is 0 Å².